The van der Waals surface area contributed by atoms with Crippen molar-refractivity contribution in [2.45, 2.75) is 23.0 Å². The molecular formula is C11H12N4OS2. The van der Waals surface area contributed by atoms with E-state index in [2.05, 4.69) is 10.2 Å². The van der Waals surface area contributed by atoms with Crippen molar-refractivity contribution in [3.8, 4) is 10.6 Å². The van der Waals surface area contributed by atoms with Crippen molar-refractivity contribution in [1.82, 2.24) is 10.2 Å². The van der Waals surface area contributed by atoms with E-state index in [1.165, 1.54) is 11.3 Å². The molecule has 0 bridgehead atoms. The van der Waals surface area contributed by atoms with E-state index < -0.39 is 9.73 Å². The SMILES string of the molecule is N=S(=O)(c1ccc(-c2nnc(N)s2)cc1)C1CC1. The van der Waals surface area contributed by atoms with Crippen molar-refractivity contribution in [1.29, 1.82) is 4.78 Å². The van der Waals surface area contributed by atoms with E-state index in [9.17, 15) is 4.21 Å². The number of rotatable bonds is 3. The summed E-state index contributed by atoms with van der Waals surface area (Å²) < 4.78 is 20.2. The van der Waals surface area contributed by atoms with Gasteiger partial charge in [-0.05, 0) is 25.0 Å². The number of hydrogen-bond acceptors (Lipinski definition) is 6. The molecule has 1 aromatic heterocycles. The molecule has 1 aliphatic carbocycles. The van der Waals surface area contributed by atoms with Gasteiger partial charge in [-0.25, -0.2) is 8.99 Å². The average molecular weight is 280 g/mol. The predicted octanol–water partition coefficient (Wildman–Crippen LogP) is 2.36. The molecule has 94 valence electrons. The van der Waals surface area contributed by atoms with Crippen LogP contribution in [-0.4, -0.2) is 19.7 Å². The van der Waals surface area contributed by atoms with Gasteiger partial charge < -0.3 is 5.73 Å². The normalized spacial score (nSPS) is 18.4. The number of anilines is 1. The fourth-order valence-corrected chi connectivity index (χ4v) is 4.08. The highest BCUT2D eigenvalue weighted by Gasteiger charge is 2.33. The summed E-state index contributed by atoms with van der Waals surface area (Å²) in [4.78, 5) is 0.603. The number of hydrogen-bond donors (Lipinski definition) is 2. The molecule has 3 rings (SSSR count). The van der Waals surface area contributed by atoms with Crippen molar-refractivity contribution in [2.24, 2.45) is 0 Å². The van der Waals surface area contributed by atoms with Crippen LogP contribution in [0, 0.1) is 4.78 Å². The summed E-state index contributed by atoms with van der Waals surface area (Å²) in [5.41, 5.74) is 6.42. The van der Waals surface area contributed by atoms with Crippen LogP contribution in [0.3, 0.4) is 0 Å². The lowest BCUT2D eigenvalue weighted by Gasteiger charge is -2.06. The summed E-state index contributed by atoms with van der Waals surface area (Å²) in [6.07, 6.45) is 1.80. The van der Waals surface area contributed by atoms with Crippen LogP contribution in [0.25, 0.3) is 10.6 Å². The van der Waals surface area contributed by atoms with Gasteiger partial charge in [0.25, 0.3) is 0 Å². The van der Waals surface area contributed by atoms with E-state index >= 15 is 0 Å². The number of nitrogens with one attached hydrogen (secondary N) is 1. The third-order valence-corrected chi connectivity index (χ3v) is 6.07. The van der Waals surface area contributed by atoms with E-state index in [0.717, 1.165) is 23.4 Å². The summed E-state index contributed by atoms with van der Waals surface area (Å²) in [5.74, 6) is 0. The van der Waals surface area contributed by atoms with Gasteiger partial charge in [0.1, 0.15) is 5.01 Å². The first-order valence-electron chi connectivity index (χ1n) is 5.54. The van der Waals surface area contributed by atoms with Crippen LogP contribution in [0.15, 0.2) is 29.2 Å². The Hall–Kier alpha value is -1.47. The van der Waals surface area contributed by atoms with Gasteiger partial charge in [-0.1, -0.05) is 23.5 Å². The van der Waals surface area contributed by atoms with Crippen molar-refractivity contribution >= 4 is 26.2 Å². The van der Waals surface area contributed by atoms with Gasteiger partial charge in [0.15, 0.2) is 0 Å². The average Bonchev–Trinajstić information content (AvgIpc) is 3.13. The molecule has 1 aromatic carbocycles. The fraction of sp³-hybridized carbons (Fsp3) is 0.273. The highest BCUT2D eigenvalue weighted by molar-refractivity contribution is 7.93. The molecule has 0 radical (unpaired) electrons. The second kappa shape index (κ2) is 4.03. The van der Waals surface area contributed by atoms with Gasteiger partial charge in [-0.2, -0.15) is 0 Å². The molecule has 7 heteroatoms. The van der Waals surface area contributed by atoms with E-state index in [1.807, 2.05) is 12.1 Å². The third kappa shape index (κ3) is 1.99. The number of nitrogens with two attached hydrogens (primary N) is 1. The summed E-state index contributed by atoms with van der Waals surface area (Å²) in [7, 11) is -2.62. The first-order valence-corrected chi connectivity index (χ1v) is 7.98. The van der Waals surface area contributed by atoms with Crippen molar-refractivity contribution in [2.75, 3.05) is 5.73 Å². The monoisotopic (exact) mass is 280 g/mol. The quantitative estimate of drug-likeness (QED) is 0.902. The first kappa shape index (κ1) is 11.6. The fourth-order valence-electron chi connectivity index (χ4n) is 1.74. The maximum absolute atomic E-state index is 12.2. The Balaban J connectivity index is 1.94. The summed E-state index contributed by atoms with van der Waals surface area (Å²) in [6, 6.07) is 7.15. The molecule has 1 atom stereocenters. The molecule has 1 fully saturated rings. The minimum absolute atomic E-state index is 0.0422. The van der Waals surface area contributed by atoms with E-state index in [-0.39, 0.29) is 5.25 Å². The molecule has 2 aromatic rings. The second-order valence-corrected chi connectivity index (χ2v) is 7.62. The molecule has 0 amide bonds. The van der Waals surface area contributed by atoms with Gasteiger partial charge in [0.05, 0.1) is 9.73 Å². The lowest BCUT2D eigenvalue weighted by molar-refractivity contribution is 0.674. The molecule has 3 N–H and O–H groups in total. The topological polar surface area (TPSA) is 92.7 Å². The smallest absolute Gasteiger partial charge is 0.203 e. The van der Waals surface area contributed by atoms with Crippen LogP contribution in [-0.2, 0) is 9.73 Å². The molecule has 1 aliphatic rings. The number of nitrogens with zero attached hydrogens (tertiary/aromatic N) is 2. The van der Waals surface area contributed by atoms with E-state index in [4.69, 9.17) is 10.5 Å². The Morgan fingerprint density at radius 3 is 2.44 bits per heavy atom. The Kier molecular flexibility index (Phi) is 2.60. The molecule has 0 aliphatic heterocycles. The standard InChI is InChI=1S/C11H12N4OS2/c12-11-15-14-10(17-11)7-1-3-8(4-2-7)18(13,16)9-5-6-9/h1-4,9,13H,5-6H2,(H2,12,15). The Bertz CT molecular complexity index is 671. The second-order valence-electron chi connectivity index (χ2n) is 4.27. The molecule has 5 nitrogen and oxygen atoms in total. The molecule has 18 heavy (non-hydrogen) atoms. The van der Waals surface area contributed by atoms with Crippen LogP contribution in [0.4, 0.5) is 5.13 Å². The van der Waals surface area contributed by atoms with E-state index in [1.54, 1.807) is 12.1 Å². The van der Waals surface area contributed by atoms with Crippen molar-refractivity contribution < 1.29 is 4.21 Å². The molecule has 1 saturated carbocycles. The molecule has 1 heterocycles. The predicted molar refractivity (Wildman–Crippen MR) is 71.9 cm³/mol. The van der Waals surface area contributed by atoms with Crippen LogP contribution in [0.2, 0.25) is 0 Å². The zero-order valence-corrected chi connectivity index (χ0v) is 11.1. The largest absolute Gasteiger partial charge is 0.374 e. The Morgan fingerprint density at radius 2 is 1.94 bits per heavy atom. The maximum atomic E-state index is 12.2. The minimum atomic E-state index is -2.62. The van der Waals surface area contributed by atoms with Crippen molar-refractivity contribution in [3.05, 3.63) is 24.3 Å². The lowest BCUT2D eigenvalue weighted by atomic mass is 10.2. The van der Waals surface area contributed by atoms with Crippen molar-refractivity contribution in [3.63, 3.8) is 0 Å². The zero-order valence-electron chi connectivity index (χ0n) is 9.50. The van der Waals surface area contributed by atoms with Crippen LogP contribution in [0.1, 0.15) is 12.8 Å². The molecule has 0 spiro atoms. The van der Waals surface area contributed by atoms with Crippen LogP contribution >= 0.6 is 11.3 Å². The highest BCUT2D eigenvalue weighted by atomic mass is 32.2. The van der Waals surface area contributed by atoms with Crippen LogP contribution < -0.4 is 5.73 Å². The number of nitrogen functional groups attached to an aromatic ring is 1. The summed E-state index contributed by atoms with van der Waals surface area (Å²) in [6.45, 7) is 0. The minimum Gasteiger partial charge on any atom is -0.374 e. The number of benzene rings is 1. The first-order chi connectivity index (χ1) is 8.57. The van der Waals surface area contributed by atoms with Crippen LogP contribution in [0.5, 0.6) is 0 Å². The summed E-state index contributed by atoms with van der Waals surface area (Å²) in [5, 5.41) is 8.91. The van der Waals surface area contributed by atoms with Gasteiger partial charge in [0.2, 0.25) is 5.13 Å². The maximum Gasteiger partial charge on any atom is 0.203 e. The third-order valence-electron chi connectivity index (χ3n) is 2.89. The highest BCUT2D eigenvalue weighted by Crippen LogP contribution is 2.35. The Morgan fingerprint density at radius 1 is 1.28 bits per heavy atom. The zero-order chi connectivity index (χ0) is 12.8. The lowest BCUT2D eigenvalue weighted by Crippen LogP contribution is -2.04. The van der Waals surface area contributed by atoms with Gasteiger partial charge in [0, 0.05) is 15.7 Å². The summed E-state index contributed by atoms with van der Waals surface area (Å²) >= 11 is 1.31. The van der Waals surface area contributed by atoms with Gasteiger partial charge in [-0.3, -0.25) is 0 Å². The molecular weight excluding hydrogens is 268 g/mol. The van der Waals surface area contributed by atoms with Gasteiger partial charge >= 0.3 is 0 Å². The van der Waals surface area contributed by atoms with Gasteiger partial charge in [-0.15, -0.1) is 10.2 Å². The Labute approximate surface area is 109 Å². The number of aromatic nitrogens is 2. The molecule has 1 unspecified atom stereocenters. The van der Waals surface area contributed by atoms with E-state index in [0.29, 0.717) is 10.0 Å². The molecule has 0 saturated heterocycles.